The predicted molar refractivity (Wildman–Crippen MR) is 79.9 cm³/mol. The molecule has 1 N–H and O–H groups in total. The fourth-order valence-electron chi connectivity index (χ4n) is 2.31. The maximum Gasteiger partial charge on any atom is 0.274 e. The molecular weight excluding hydrogens is 308 g/mol. The van der Waals surface area contributed by atoms with Crippen molar-refractivity contribution in [2.45, 2.75) is 18.2 Å². The molecule has 1 fully saturated rings. The van der Waals surface area contributed by atoms with E-state index in [1.165, 1.54) is 17.5 Å². The first-order valence-electron chi connectivity index (χ1n) is 7.05. The second kappa shape index (κ2) is 7.19. The second-order valence-corrected chi connectivity index (χ2v) is 6.73. The Morgan fingerprint density at radius 1 is 1.36 bits per heavy atom. The van der Waals surface area contributed by atoms with Gasteiger partial charge in [-0.2, -0.15) is 4.31 Å². The van der Waals surface area contributed by atoms with Crippen LogP contribution in [0.4, 0.5) is 0 Å². The molecule has 1 aliphatic rings. The van der Waals surface area contributed by atoms with Crippen molar-refractivity contribution in [3.05, 3.63) is 29.3 Å². The Bertz CT molecular complexity index is 639. The van der Waals surface area contributed by atoms with Crippen molar-refractivity contribution in [2.24, 2.45) is 0 Å². The van der Waals surface area contributed by atoms with E-state index in [9.17, 15) is 13.2 Å². The number of nitrogens with zero attached hydrogens (tertiary/aromatic N) is 1. The Balaban J connectivity index is 2.42. The first-order valence-corrected chi connectivity index (χ1v) is 8.49. The van der Waals surface area contributed by atoms with Gasteiger partial charge >= 0.3 is 0 Å². The highest BCUT2D eigenvalue weighted by Gasteiger charge is 2.28. The maximum absolute atomic E-state index is 12.8. The van der Waals surface area contributed by atoms with Gasteiger partial charge in [0, 0.05) is 18.7 Å². The summed E-state index contributed by atoms with van der Waals surface area (Å²) in [5.74, 6) is -0.483. The van der Waals surface area contributed by atoms with Crippen molar-refractivity contribution < 1.29 is 22.8 Å². The topological polar surface area (TPSA) is 84.9 Å². The van der Waals surface area contributed by atoms with Crippen molar-refractivity contribution in [1.82, 2.24) is 9.79 Å². The molecule has 122 valence electrons. The van der Waals surface area contributed by atoms with Crippen LogP contribution in [-0.2, 0) is 26.0 Å². The summed E-state index contributed by atoms with van der Waals surface area (Å²) in [5.41, 5.74) is 3.11. The van der Waals surface area contributed by atoms with Crippen molar-refractivity contribution in [1.29, 1.82) is 0 Å². The third kappa shape index (κ3) is 3.46. The van der Waals surface area contributed by atoms with Gasteiger partial charge in [-0.25, -0.2) is 13.9 Å². The molecule has 1 aromatic carbocycles. The van der Waals surface area contributed by atoms with Crippen LogP contribution in [0, 0.1) is 0 Å². The van der Waals surface area contributed by atoms with E-state index in [-0.39, 0.29) is 10.5 Å². The number of carbonyl (C=O) groups excluding carboxylic acids is 1. The van der Waals surface area contributed by atoms with Crippen LogP contribution in [0.3, 0.4) is 0 Å². The molecule has 0 bridgehead atoms. The summed E-state index contributed by atoms with van der Waals surface area (Å²) in [4.78, 5) is 16.6. The smallest absolute Gasteiger partial charge is 0.274 e. The zero-order valence-electron chi connectivity index (χ0n) is 12.7. The number of benzene rings is 1. The van der Waals surface area contributed by atoms with Crippen LogP contribution < -0.4 is 5.48 Å². The normalized spacial score (nSPS) is 16.5. The average Bonchev–Trinajstić information content (AvgIpc) is 2.55. The van der Waals surface area contributed by atoms with Crippen LogP contribution in [0.15, 0.2) is 23.1 Å². The average molecular weight is 328 g/mol. The lowest BCUT2D eigenvalue weighted by Gasteiger charge is -2.27. The third-order valence-corrected chi connectivity index (χ3v) is 5.47. The zero-order chi connectivity index (χ0) is 16.2. The lowest BCUT2D eigenvalue weighted by atomic mass is 10.1. The number of hydrogen-bond acceptors (Lipinski definition) is 5. The van der Waals surface area contributed by atoms with E-state index in [4.69, 9.17) is 4.74 Å². The molecule has 22 heavy (non-hydrogen) atoms. The van der Waals surface area contributed by atoms with Crippen LogP contribution >= 0.6 is 0 Å². The SMILES string of the molecule is CCc1ccc(C(=O)NOC)cc1S(=O)(=O)N1CCOCC1. The van der Waals surface area contributed by atoms with Gasteiger partial charge in [0.15, 0.2) is 0 Å². The van der Waals surface area contributed by atoms with E-state index in [0.29, 0.717) is 38.3 Å². The molecule has 0 radical (unpaired) electrons. The van der Waals surface area contributed by atoms with Crippen LogP contribution in [-0.4, -0.2) is 52.0 Å². The van der Waals surface area contributed by atoms with Crippen molar-refractivity contribution in [3.63, 3.8) is 0 Å². The number of sulfonamides is 1. The van der Waals surface area contributed by atoms with Gasteiger partial charge in [-0.3, -0.25) is 9.63 Å². The summed E-state index contributed by atoms with van der Waals surface area (Å²) >= 11 is 0. The summed E-state index contributed by atoms with van der Waals surface area (Å²) in [6, 6.07) is 4.65. The van der Waals surface area contributed by atoms with E-state index < -0.39 is 15.9 Å². The molecule has 0 aromatic heterocycles. The minimum Gasteiger partial charge on any atom is -0.379 e. The molecule has 1 aliphatic heterocycles. The molecule has 0 atom stereocenters. The number of carbonyl (C=O) groups is 1. The Labute approximate surface area is 130 Å². The predicted octanol–water partition coefficient (Wildman–Crippen LogP) is 0.561. The number of nitrogens with one attached hydrogen (secondary N) is 1. The Hall–Kier alpha value is -1.48. The van der Waals surface area contributed by atoms with Gasteiger partial charge in [0.1, 0.15) is 0 Å². The first-order chi connectivity index (χ1) is 10.5. The highest BCUT2D eigenvalue weighted by atomic mass is 32.2. The van der Waals surface area contributed by atoms with Crippen LogP contribution in [0.25, 0.3) is 0 Å². The number of rotatable bonds is 5. The Morgan fingerprint density at radius 2 is 2.05 bits per heavy atom. The fourth-order valence-corrected chi connectivity index (χ4v) is 4.03. The van der Waals surface area contributed by atoms with E-state index in [0.717, 1.165) is 0 Å². The summed E-state index contributed by atoms with van der Waals surface area (Å²) in [6.45, 7) is 3.28. The minimum absolute atomic E-state index is 0.167. The Kier molecular flexibility index (Phi) is 5.52. The summed E-state index contributed by atoms with van der Waals surface area (Å²) in [5, 5.41) is 0. The summed E-state index contributed by atoms with van der Waals surface area (Å²) < 4.78 is 32.2. The van der Waals surface area contributed by atoms with Gasteiger partial charge in [0.05, 0.1) is 25.2 Å². The van der Waals surface area contributed by atoms with Crippen molar-refractivity contribution in [3.8, 4) is 0 Å². The quantitative estimate of drug-likeness (QED) is 0.799. The van der Waals surface area contributed by atoms with Crippen molar-refractivity contribution >= 4 is 15.9 Å². The van der Waals surface area contributed by atoms with Crippen LogP contribution in [0.1, 0.15) is 22.8 Å². The molecule has 1 amide bonds. The van der Waals surface area contributed by atoms with Crippen molar-refractivity contribution in [2.75, 3.05) is 33.4 Å². The maximum atomic E-state index is 12.8. The molecule has 1 heterocycles. The molecule has 7 nitrogen and oxygen atoms in total. The van der Waals surface area contributed by atoms with Gasteiger partial charge in [-0.1, -0.05) is 13.0 Å². The van der Waals surface area contributed by atoms with Gasteiger partial charge in [-0.15, -0.1) is 0 Å². The molecule has 0 unspecified atom stereocenters. The Morgan fingerprint density at radius 3 is 2.64 bits per heavy atom. The van der Waals surface area contributed by atoms with Crippen LogP contribution in [0.2, 0.25) is 0 Å². The van der Waals surface area contributed by atoms with Gasteiger partial charge in [-0.05, 0) is 24.1 Å². The summed E-state index contributed by atoms with van der Waals surface area (Å²) in [6.07, 6.45) is 0.561. The van der Waals surface area contributed by atoms with Crippen LogP contribution in [0.5, 0.6) is 0 Å². The molecule has 0 saturated carbocycles. The number of morpholine rings is 1. The second-order valence-electron chi connectivity index (χ2n) is 4.83. The molecule has 1 saturated heterocycles. The third-order valence-electron chi connectivity index (χ3n) is 3.49. The molecule has 0 spiro atoms. The van der Waals surface area contributed by atoms with Gasteiger partial charge in [0.25, 0.3) is 5.91 Å². The molecule has 2 rings (SSSR count). The summed E-state index contributed by atoms with van der Waals surface area (Å²) in [7, 11) is -2.32. The standard InChI is InChI=1S/C14H20N2O5S/c1-3-11-4-5-12(14(17)15-20-2)10-13(11)22(18,19)16-6-8-21-9-7-16/h4-5,10H,3,6-9H2,1-2H3,(H,15,17). The largest absolute Gasteiger partial charge is 0.379 e. The number of hydrogen-bond donors (Lipinski definition) is 1. The molecular formula is C14H20N2O5S. The molecule has 1 aromatic rings. The number of ether oxygens (including phenoxy) is 1. The van der Waals surface area contributed by atoms with Gasteiger partial charge in [0.2, 0.25) is 10.0 Å². The van der Waals surface area contributed by atoms with E-state index in [1.54, 1.807) is 12.1 Å². The minimum atomic E-state index is -3.64. The highest BCUT2D eigenvalue weighted by molar-refractivity contribution is 7.89. The number of hydroxylamine groups is 1. The first kappa shape index (κ1) is 16.9. The molecule has 8 heteroatoms. The van der Waals surface area contributed by atoms with Gasteiger partial charge < -0.3 is 4.74 Å². The van der Waals surface area contributed by atoms with E-state index in [2.05, 4.69) is 10.3 Å². The van der Waals surface area contributed by atoms with E-state index in [1.807, 2.05) is 6.92 Å². The molecule has 0 aliphatic carbocycles. The van der Waals surface area contributed by atoms with E-state index >= 15 is 0 Å². The highest BCUT2D eigenvalue weighted by Crippen LogP contribution is 2.23. The number of amides is 1. The lowest BCUT2D eigenvalue weighted by molar-refractivity contribution is 0.0537. The number of aryl methyl sites for hydroxylation is 1. The monoisotopic (exact) mass is 328 g/mol. The lowest BCUT2D eigenvalue weighted by Crippen LogP contribution is -2.41. The fraction of sp³-hybridized carbons (Fsp3) is 0.500. The zero-order valence-corrected chi connectivity index (χ0v) is 13.5.